The van der Waals surface area contributed by atoms with Gasteiger partial charge < -0.3 is 9.73 Å². The number of amides is 1. The van der Waals surface area contributed by atoms with Gasteiger partial charge in [-0.25, -0.2) is 0 Å². The Morgan fingerprint density at radius 3 is 3.09 bits per heavy atom. The van der Waals surface area contributed by atoms with Gasteiger partial charge in [0.05, 0.1) is 12.5 Å². The Morgan fingerprint density at radius 1 is 1.73 bits per heavy atom. The first-order valence-electron chi connectivity index (χ1n) is 3.25. The van der Waals surface area contributed by atoms with Gasteiger partial charge in [0.2, 0.25) is 5.91 Å². The summed E-state index contributed by atoms with van der Waals surface area (Å²) in [5.41, 5.74) is 0.929. The monoisotopic (exact) mass is 151 g/mol. The SMILES string of the molecule is CC(=O)N/C=C/c1ccoc1. The normalized spacial score (nSPS) is 10.3. The number of hydrogen-bond acceptors (Lipinski definition) is 2. The molecule has 0 bridgehead atoms. The van der Waals surface area contributed by atoms with Crippen LogP contribution in [0.1, 0.15) is 12.5 Å². The number of nitrogens with one attached hydrogen (secondary N) is 1. The lowest BCUT2D eigenvalue weighted by Gasteiger charge is -1.88. The van der Waals surface area contributed by atoms with E-state index in [4.69, 9.17) is 4.42 Å². The average Bonchev–Trinajstić information content (AvgIpc) is 2.39. The molecule has 0 saturated heterocycles. The van der Waals surface area contributed by atoms with Crippen molar-refractivity contribution in [3.8, 4) is 0 Å². The Balaban J connectivity index is 2.43. The van der Waals surface area contributed by atoms with Crippen molar-refractivity contribution in [1.82, 2.24) is 5.32 Å². The van der Waals surface area contributed by atoms with Gasteiger partial charge in [0.15, 0.2) is 0 Å². The average molecular weight is 151 g/mol. The van der Waals surface area contributed by atoms with Gasteiger partial charge in [0, 0.05) is 18.7 Å². The Kier molecular flexibility index (Phi) is 2.49. The van der Waals surface area contributed by atoms with Gasteiger partial charge in [0.1, 0.15) is 0 Å². The zero-order chi connectivity index (χ0) is 8.10. The molecule has 0 fully saturated rings. The van der Waals surface area contributed by atoms with Crippen LogP contribution in [0.25, 0.3) is 6.08 Å². The molecule has 1 heterocycles. The van der Waals surface area contributed by atoms with Crippen molar-refractivity contribution in [2.75, 3.05) is 0 Å². The number of hydrogen-bond donors (Lipinski definition) is 1. The summed E-state index contributed by atoms with van der Waals surface area (Å²) in [6.45, 7) is 1.46. The summed E-state index contributed by atoms with van der Waals surface area (Å²) in [4.78, 5) is 10.4. The fraction of sp³-hybridized carbons (Fsp3) is 0.125. The second-order valence-electron chi connectivity index (χ2n) is 2.09. The summed E-state index contributed by atoms with van der Waals surface area (Å²) >= 11 is 0. The smallest absolute Gasteiger partial charge is 0.220 e. The van der Waals surface area contributed by atoms with E-state index in [-0.39, 0.29) is 5.91 Å². The van der Waals surface area contributed by atoms with Gasteiger partial charge in [0.25, 0.3) is 0 Å². The molecule has 0 radical (unpaired) electrons. The van der Waals surface area contributed by atoms with E-state index < -0.39 is 0 Å². The molecule has 0 unspecified atom stereocenters. The molecule has 1 amide bonds. The van der Waals surface area contributed by atoms with Crippen LogP contribution in [0.5, 0.6) is 0 Å². The van der Waals surface area contributed by atoms with Crippen molar-refractivity contribution >= 4 is 12.0 Å². The fourth-order valence-corrected chi connectivity index (χ4v) is 0.625. The van der Waals surface area contributed by atoms with E-state index in [1.54, 1.807) is 30.9 Å². The first kappa shape index (κ1) is 7.60. The minimum Gasteiger partial charge on any atom is -0.472 e. The first-order chi connectivity index (χ1) is 5.29. The topological polar surface area (TPSA) is 42.2 Å². The maximum atomic E-state index is 10.4. The number of carbonyl (C=O) groups is 1. The van der Waals surface area contributed by atoms with Crippen LogP contribution in [-0.4, -0.2) is 5.91 Å². The van der Waals surface area contributed by atoms with Gasteiger partial charge in [-0.2, -0.15) is 0 Å². The minimum absolute atomic E-state index is 0.0789. The van der Waals surface area contributed by atoms with Crippen LogP contribution in [0.2, 0.25) is 0 Å². The molecule has 58 valence electrons. The quantitative estimate of drug-likeness (QED) is 0.693. The highest BCUT2D eigenvalue weighted by Gasteiger charge is 1.86. The van der Waals surface area contributed by atoms with Gasteiger partial charge in [-0.1, -0.05) is 0 Å². The van der Waals surface area contributed by atoms with Crippen LogP contribution in [0.3, 0.4) is 0 Å². The van der Waals surface area contributed by atoms with E-state index in [0.717, 1.165) is 5.56 Å². The largest absolute Gasteiger partial charge is 0.472 e. The summed E-state index contributed by atoms with van der Waals surface area (Å²) in [6.07, 6.45) is 6.50. The maximum Gasteiger partial charge on any atom is 0.220 e. The standard InChI is InChI=1S/C8H9NO2/c1-7(10)9-4-2-8-3-5-11-6-8/h2-6H,1H3,(H,9,10)/b4-2+. The second-order valence-corrected chi connectivity index (χ2v) is 2.09. The molecule has 3 heteroatoms. The third kappa shape index (κ3) is 2.71. The Morgan fingerprint density at radius 2 is 2.55 bits per heavy atom. The van der Waals surface area contributed by atoms with Crippen molar-refractivity contribution in [2.24, 2.45) is 0 Å². The van der Waals surface area contributed by atoms with Gasteiger partial charge >= 0.3 is 0 Å². The molecule has 0 saturated carbocycles. The van der Waals surface area contributed by atoms with Gasteiger partial charge in [-0.05, 0) is 12.1 Å². The van der Waals surface area contributed by atoms with Gasteiger partial charge in [-0.15, -0.1) is 0 Å². The summed E-state index contributed by atoms with van der Waals surface area (Å²) in [6, 6.07) is 1.80. The molecular formula is C8H9NO2. The predicted molar refractivity (Wildman–Crippen MR) is 41.6 cm³/mol. The van der Waals surface area contributed by atoms with Crippen molar-refractivity contribution < 1.29 is 9.21 Å². The van der Waals surface area contributed by atoms with Gasteiger partial charge in [-0.3, -0.25) is 4.79 Å². The maximum absolute atomic E-state index is 10.4. The molecule has 0 aliphatic carbocycles. The Bertz CT molecular complexity index is 249. The highest BCUT2D eigenvalue weighted by atomic mass is 16.3. The van der Waals surface area contributed by atoms with Crippen molar-refractivity contribution in [2.45, 2.75) is 6.92 Å². The van der Waals surface area contributed by atoms with Crippen LogP contribution >= 0.6 is 0 Å². The van der Waals surface area contributed by atoms with E-state index in [9.17, 15) is 4.79 Å². The predicted octanol–water partition coefficient (Wildman–Crippen LogP) is 1.39. The molecule has 0 aliphatic heterocycles. The molecule has 0 atom stereocenters. The van der Waals surface area contributed by atoms with E-state index in [2.05, 4.69) is 5.32 Å². The van der Waals surface area contributed by atoms with Crippen LogP contribution in [0.15, 0.2) is 29.2 Å². The second kappa shape index (κ2) is 3.61. The molecule has 11 heavy (non-hydrogen) atoms. The number of rotatable bonds is 2. The zero-order valence-electron chi connectivity index (χ0n) is 6.20. The van der Waals surface area contributed by atoms with E-state index >= 15 is 0 Å². The third-order valence-electron chi connectivity index (χ3n) is 1.11. The molecule has 1 rings (SSSR count). The molecule has 0 spiro atoms. The van der Waals surface area contributed by atoms with E-state index in [1.165, 1.54) is 6.92 Å². The first-order valence-corrected chi connectivity index (χ1v) is 3.25. The zero-order valence-corrected chi connectivity index (χ0v) is 6.20. The molecule has 0 aromatic carbocycles. The summed E-state index contributed by atoms with van der Waals surface area (Å²) in [7, 11) is 0. The molecular weight excluding hydrogens is 142 g/mol. The lowest BCUT2D eigenvalue weighted by Crippen LogP contribution is -2.10. The molecule has 1 aromatic rings. The Labute approximate surface area is 64.7 Å². The molecule has 0 aliphatic rings. The van der Waals surface area contributed by atoms with Crippen LogP contribution < -0.4 is 5.32 Å². The highest BCUT2D eigenvalue weighted by Crippen LogP contribution is 2.00. The highest BCUT2D eigenvalue weighted by molar-refractivity contribution is 5.74. The summed E-state index contributed by atoms with van der Waals surface area (Å²) in [5, 5.41) is 2.52. The number of furan rings is 1. The minimum atomic E-state index is -0.0789. The van der Waals surface area contributed by atoms with Crippen molar-refractivity contribution in [3.63, 3.8) is 0 Å². The van der Waals surface area contributed by atoms with Crippen molar-refractivity contribution in [1.29, 1.82) is 0 Å². The lowest BCUT2D eigenvalue weighted by molar-refractivity contribution is -0.118. The fourth-order valence-electron chi connectivity index (χ4n) is 0.625. The molecule has 1 aromatic heterocycles. The summed E-state index contributed by atoms with van der Waals surface area (Å²) in [5.74, 6) is -0.0789. The van der Waals surface area contributed by atoms with E-state index in [0.29, 0.717) is 0 Å². The van der Waals surface area contributed by atoms with Crippen molar-refractivity contribution in [3.05, 3.63) is 30.4 Å². The summed E-state index contributed by atoms with van der Waals surface area (Å²) < 4.78 is 4.81. The third-order valence-corrected chi connectivity index (χ3v) is 1.11. The van der Waals surface area contributed by atoms with Crippen LogP contribution in [0.4, 0.5) is 0 Å². The molecule has 1 N–H and O–H groups in total. The van der Waals surface area contributed by atoms with E-state index in [1.807, 2.05) is 0 Å². The lowest BCUT2D eigenvalue weighted by atomic mass is 10.3. The van der Waals surface area contributed by atoms with Crippen LogP contribution in [-0.2, 0) is 4.79 Å². The number of carbonyl (C=O) groups excluding carboxylic acids is 1. The molecule has 3 nitrogen and oxygen atoms in total. The Hall–Kier alpha value is -1.51. The van der Waals surface area contributed by atoms with Crippen LogP contribution in [0, 0.1) is 0 Å².